The van der Waals surface area contributed by atoms with E-state index in [1.165, 1.54) is 16.4 Å². The molecule has 20 heavy (non-hydrogen) atoms. The van der Waals surface area contributed by atoms with E-state index in [1.807, 2.05) is 0 Å². The maximum atomic E-state index is 14.0. The molecule has 5 nitrogen and oxygen atoms in total. The minimum atomic E-state index is -3.93. The molecule has 0 radical (unpaired) electrons. The summed E-state index contributed by atoms with van der Waals surface area (Å²) in [6.07, 6.45) is 0. The van der Waals surface area contributed by atoms with Crippen LogP contribution in [0.1, 0.15) is 19.4 Å². The Morgan fingerprint density at radius 3 is 2.70 bits per heavy atom. The molecule has 0 atom stereocenters. The van der Waals surface area contributed by atoms with Gasteiger partial charge in [-0.15, -0.1) is 0 Å². The first kappa shape index (κ1) is 15.4. The van der Waals surface area contributed by atoms with Gasteiger partial charge in [-0.25, -0.2) is 12.8 Å². The molecule has 1 heterocycles. The fourth-order valence-corrected chi connectivity index (χ4v) is 4.06. The van der Waals surface area contributed by atoms with Crippen LogP contribution in [0.15, 0.2) is 23.1 Å². The van der Waals surface area contributed by atoms with Crippen LogP contribution < -0.4 is 0 Å². The maximum absolute atomic E-state index is 14.0. The Kier molecular flexibility index (Phi) is 4.15. The third kappa shape index (κ3) is 2.71. The van der Waals surface area contributed by atoms with Gasteiger partial charge in [0.05, 0.1) is 25.4 Å². The first-order valence-corrected chi connectivity index (χ1v) is 7.73. The van der Waals surface area contributed by atoms with Gasteiger partial charge in [0.2, 0.25) is 10.0 Å². The summed E-state index contributed by atoms with van der Waals surface area (Å²) in [5.41, 5.74) is -0.387. The van der Waals surface area contributed by atoms with Gasteiger partial charge in [0.15, 0.2) is 0 Å². The predicted molar refractivity (Wildman–Crippen MR) is 71.1 cm³/mol. The second kappa shape index (κ2) is 5.40. The highest BCUT2D eigenvalue weighted by atomic mass is 32.2. The normalized spacial score (nSPS) is 20.0. The van der Waals surface area contributed by atoms with E-state index in [2.05, 4.69) is 0 Å². The zero-order valence-electron chi connectivity index (χ0n) is 11.5. The van der Waals surface area contributed by atoms with Crippen molar-refractivity contribution in [2.75, 3.05) is 19.8 Å². The highest BCUT2D eigenvalue weighted by Crippen LogP contribution is 2.29. The smallest absolute Gasteiger partial charge is 0.246 e. The summed E-state index contributed by atoms with van der Waals surface area (Å²) in [6.45, 7) is 3.89. The van der Waals surface area contributed by atoms with Crippen LogP contribution in [0, 0.1) is 5.82 Å². The number of morpholine rings is 1. The molecule has 0 bridgehead atoms. The molecule has 0 aromatic heterocycles. The summed E-state index contributed by atoms with van der Waals surface area (Å²) < 4.78 is 45.7. The van der Waals surface area contributed by atoms with E-state index in [0.29, 0.717) is 12.2 Å². The Labute approximate surface area is 118 Å². The van der Waals surface area contributed by atoms with E-state index in [0.717, 1.165) is 6.07 Å². The number of halogens is 1. The zero-order chi connectivity index (χ0) is 15.0. The fourth-order valence-electron chi connectivity index (χ4n) is 2.26. The van der Waals surface area contributed by atoms with Crippen LogP contribution in [-0.2, 0) is 21.4 Å². The van der Waals surface area contributed by atoms with Crippen molar-refractivity contribution < 1.29 is 22.7 Å². The molecule has 0 spiro atoms. The number of sulfonamides is 1. The Hall–Kier alpha value is -1.02. The third-order valence-electron chi connectivity index (χ3n) is 3.32. The van der Waals surface area contributed by atoms with Crippen molar-refractivity contribution >= 4 is 10.0 Å². The minimum Gasteiger partial charge on any atom is -0.392 e. The van der Waals surface area contributed by atoms with Crippen LogP contribution >= 0.6 is 0 Å². The molecule has 0 unspecified atom stereocenters. The zero-order valence-corrected chi connectivity index (χ0v) is 12.3. The number of rotatable bonds is 3. The number of ether oxygens (including phenoxy) is 1. The number of aliphatic hydroxyl groups excluding tert-OH is 1. The molecule has 1 aromatic rings. The van der Waals surface area contributed by atoms with Gasteiger partial charge < -0.3 is 9.84 Å². The maximum Gasteiger partial charge on any atom is 0.246 e. The van der Waals surface area contributed by atoms with Crippen molar-refractivity contribution in [3.05, 3.63) is 29.6 Å². The van der Waals surface area contributed by atoms with Crippen molar-refractivity contribution in [2.45, 2.75) is 30.9 Å². The summed E-state index contributed by atoms with van der Waals surface area (Å²) in [6, 6.07) is 3.64. The van der Waals surface area contributed by atoms with Crippen molar-refractivity contribution in [3.8, 4) is 0 Å². The van der Waals surface area contributed by atoms with Crippen molar-refractivity contribution in [3.63, 3.8) is 0 Å². The molecule has 1 saturated heterocycles. The molecular formula is C13H18FNO4S. The lowest BCUT2D eigenvalue weighted by molar-refractivity contribution is -0.00779. The van der Waals surface area contributed by atoms with Crippen LogP contribution in [-0.4, -0.2) is 43.1 Å². The number of aliphatic hydroxyl groups is 1. The lowest BCUT2D eigenvalue weighted by Crippen LogP contribution is -2.55. The Morgan fingerprint density at radius 1 is 1.45 bits per heavy atom. The average Bonchev–Trinajstić information content (AvgIpc) is 2.37. The quantitative estimate of drug-likeness (QED) is 0.908. The molecule has 112 valence electrons. The lowest BCUT2D eigenvalue weighted by atomic mass is 10.1. The Morgan fingerprint density at radius 2 is 2.15 bits per heavy atom. The van der Waals surface area contributed by atoms with Gasteiger partial charge in [-0.05, 0) is 31.5 Å². The predicted octanol–water partition coefficient (Wildman–Crippen LogP) is 1.12. The van der Waals surface area contributed by atoms with Gasteiger partial charge in [0.1, 0.15) is 10.7 Å². The molecule has 1 aromatic carbocycles. The molecule has 1 N–H and O–H groups in total. The number of hydrogen-bond donors (Lipinski definition) is 1. The summed E-state index contributed by atoms with van der Waals surface area (Å²) in [4.78, 5) is -0.371. The molecular weight excluding hydrogens is 285 g/mol. The number of nitrogens with zero attached hydrogens (tertiary/aromatic N) is 1. The van der Waals surface area contributed by atoms with E-state index < -0.39 is 21.4 Å². The standard InChI is InChI=1S/C13H18FNO4S/c1-13(2)9-19-6-5-15(13)20(17,18)12-4-3-10(8-16)7-11(12)14/h3-4,7,16H,5-6,8-9H2,1-2H3. The van der Waals surface area contributed by atoms with Crippen LogP contribution in [0.2, 0.25) is 0 Å². The van der Waals surface area contributed by atoms with E-state index in [1.54, 1.807) is 13.8 Å². The number of benzene rings is 1. The molecule has 2 rings (SSSR count). The van der Waals surface area contributed by atoms with Gasteiger partial charge in [-0.2, -0.15) is 4.31 Å². The molecule has 1 aliphatic heterocycles. The molecule has 1 fully saturated rings. The van der Waals surface area contributed by atoms with Crippen LogP contribution in [0.4, 0.5) is 4.39 Å². The van der Waals surface area contributed by atoms with E-state index in [-0.39, 0.29) is 24.7 Å². The first-order chi connectivity index (χ1) is 9.29. The second-order valence-electron chi connectivity index (χ2n) is 5.37. The van der Waals surface area contributed by atoms with Gasteiger partial charge >= 0.3 is 0 Å². The van der Waals surface area contributed by atoms with Crippen LogP contribution in [0.3, 0.4) is 0 Å². The Balaban J connectivity index is 2.44. The first-order valence-electron chi connectivity index (χ1n) is 6.29. The van der Waals surface area contributed by atoms with Crippen molar-refractivity contribution in [1.82, 2.24) is 4.31 Å². The van der Waals surface area contributed by atoms with E-state index in [4.69, 9.17) is 9.84 Å². The fraction of sp³-hybridized carbons (Fsp3) is 0.538. The highest BCUT2D eigenvalue weighted by molar-refractivity contribution is 7.89. The number of hydrogen-bond acceptors (Lipinski definition) is 4. The summed E-state index contributed by atoms with van der Waals surface area (Å²) >= 11 is 0. The molecule has 1 aliphatic rings. The van der Waals surface area contributed by atoms with Crippen LogP contribution in [0.25, 0.3) is 0 Å². The SMILES string of the molecule is CC1(C)COCCN1S(=O)(=O)c1ccc(CO)cc1F. The summed E-state index contributed by atoms with van der Waals surface area (Å²) in [5.74, 6) is -0.848. The molecule has 0 amide bonds. The average molecular weight is 303 g/mol. The third-order valence-corrected chi connectivity index (χ3v) is 5.46. The summed E-state index contributed by atoms with van der Waals surface area (Å²) in [7, 11) is -3.93. The Bertz CT molecular complexity index is 600. The van der Waals surface area contributed by atoms with Gasteiger partial charge in [-0.3, -0.25) is 0 Å². The van der Waals surface area contributed by atoms with Gasteiger partial charge in [0, 0.05) is 6.54 Å². The molecule has 7 heteroatoms. The molecule has 0 aliphatic carbocycles. The van der Waals surface area contributed by atoms with E-state index >= 15 is 0 Å². The lowest BCUT2D eigenvalue weighted by Gasteiger charge is -2.40. The van der Waals surface area contributed by atoms with Crippen molar-refractivity contribution in [2.24, 2.45) is 0 Å². The van der Waals surface area contributed by atoms with Gasteiger partial charge in [0.25, 0.3) is 0 Å². The monoisotopic (exact) mass is 303 g/mol. The molecule has 0 saturated carbocycles. The van der Waals surface area contributed by atoms with Crippen molar-refractivity contribution in [1.29, 1.82) is 0 Å². The van der Waals surface area contributed by atoms with Gasteiger partial charge in [-0.1, -0.05) is 6.07 Å². The summed E-state index contributed by atoms with van der Waals surface area (Å²) in [5, 5.41) is 8.94. The largest absolute Gasteiger partial charge is 0.392 e. The topological polar surface area (TPSA) is 66.8 Å². The van der Waals surface area contributed by atoms with E-state index in [9.17, 15) is 12.8 Å². The van der Waals surface area contributed by atoms with Crippen LogP contribution in [0.5, 0.6) is 0 Å². The second-order valence-corrected chi connectivity index (χ2v) is 7.20. The minimum absolute atomic E-state index is 0.191. The highest BCUT2D eigenvalue weighted by Gasteiger charge is 2.40.